The minimum Gasteiger partial charge on any atom is -0.484 e. The van der Waals surface area contributed by atoms with Crippen LogP contribution in [0.25, 0.3) is 0 Å². The first-order valence-corrected chi connectivity index (χ1v) is 9.06. The lowest BCUT2D eigenvalue weighted by Crippen LogP contribution is -2.39. The van der Waals surface area contributed by atoms with E-state index in [4.69, 9.17) is 9.47 Å². The Morgan fingerprint density at radius 2 is 1.73 bits per heavy atom. The zero-order chi connectivity index (χ0) is 18.9. The van der Waals surface area contributed by atoms with Gasteiger partial charge in [0.2, 0.25) is 0 Å². The number of amides is 1. The largest absolute Gasteiger partial charge is 0.484 e. The molecule has 26 heavy (non-hydrogen) atoms. The highest BCUT2D eigenvalue weighted by Gasteiger charge is 2.22. The average molecular weight is 420 g/mol. The molecule has 0 N–H and O–H groups in total. The Bertz CT molecular complexity index is 718. The summed E-state index contributed by atoms with van der Waals surface area (Å²) in [5.74, 6) is -0.334. The van der Waals surface area contributed by atoms with Crippen LogP contribution in [0.4, 0.5) is 0 Å². The van der Waals surface area contributed by atoms with E-state index in [0.29, 0.717) is 12.3 Å². The van der Waals surface area contributed by atoms with E-state index in [2.05, 4.69) is 15.9 Å². The standard InChI is InChI=1S/C20H22BrNO4/c1-15(20(24)25-2)12-22(13-16-6-4-3-5-7-16)19(23)14-26-18-10-8-17(21)9-11-18/h3-11,15H,12-14H2,1-2H3. The van der Waals surface area contributed by atoms with Gasteiger partial charge in [0.1, 0.15) is 5.75 Å². The molecule has 0 heterocycles. The Balaban J connectivity index is 2.04. The monoisotopic (exact) mass is 419 g/mol. The molecule has 0 radical (unpaired) electrons. The zero-order valence-electron chi connectivity index (χ0n) is 14.9. The lowest BCUT2D eigenvalue weighted by atomic mass is 10.1. The molecule has 0 fully saturated rings. The van der Waals surface area contributed by atoms with Gasteiger partial charge in [0, 0.05) is 17.6 Å². The maximum Gasteiger partial charge on any atom is 0.310 e. The van der Waals surface area contributed by atoms with E-state index < -0.39 is 5.92 Å². The number of methoxy groups -OCH3 is 1. The van der Waals surface area contributed by atoms with Gasteiger partial charge in [0.15, 0.2) is 6.61 Å². The molecule has 0 saturated carbocycles. The topological polar surface area (TPSA) is 55.8 Å². The van der Waals surface area contributed by atoms with Crippen LogP contribution in [0.2, 0.25) is 0 Å². The molecule has 0 aliphatic rings. The number of benzene rings is 2. The van der Waals surface area contributed by atoms with Crippen LogP contribution < -0.4 is 4.74 Å². The van der Waals surface area contributed by atoms with E-state index >= 15 is 0 Å². The van der Waals surface area contributed by atoms with Gasteiger partial charge in [0.25, 0.3) is 5.91 Å². The Morgan fingerprint density at radius 1 is 1.08 bits per heavy atom. The van der Waals surface area contributed by atoms with Gasteiger partial charge >= 0.3 is 5.97 Å². The molecular formula is C20H22BrNO4. The number of nitrogens with zero attached hydrogens (tertiary/aromatic N) is 1. The number of ether oxygens (including phenoxy) is 2. The van der Waals surface area contributed by atoms with Crippen molar-refractivity contribution in [2.75, 3.05) is 20.3 Å². The molecule has 0 aromatic heterocycles. The summed E-state index contributed by atoms with van der Waals surface area (Å²) in [6.07, 6.45) is 0. The molecule has 0 saturated heterocycles. The van der Waals surface area contributed by atoms with Crippen molar-refractivity contribution in [2.24, 2.45) is 5.92 Å². The van der Waals surface area contributed by atoms with E-state index in [9.17, 15) is 9.59 Å². The number of carbonyl (C=O) groups excluding carboxylic acids is 2. The molecule has 138 valence electrons. The minimum atomic E-state index is -0.416. The lowest BCUT2D eigenvalue weighted by molar-refractivity contribution is -0.147. The third kappa shape index (κ3) is 6.19. The highest BCUT2D eigenvalue weighted by atomic mass is 79.9. The summed E-state index contributed by atoms with van der Waals surface area (Å²) in [5.41, 5.74) is 0.988. The van der Waals surface area contributed by atoms with Crippen molar-refractivity contribution in [1.29, 1.82) is 0 Å². The summed E-state index contributed by atoms with van der Waals surface area (Å²) >= 11 is 3.36. The van der Waals surface area contributed by atoms with Gasteiger partial charge < -0.3 is 14.4 Å². The zero-order valence-corrected chi connectivity index (χ0v) is 16.4. The molecule has 0 aliphatic carbocycles. The van der Waals surface area contributed by atoms with Crippen LogP contribution in [0, 0.1) is 5.92 Å². The van der Waals surface area contributed by atoms with Crippen molar-refractivity contribution < 1.29 is 19.1 Å². The first-order chi connectivity index (χ1) is 12.5. The van der Waals surface area contributed by atoms with E-state index in [-0.39, 0.29) is 25.0 Å². The summed E-state index contributed by atoms with van der Waals surface area (Å²) in [6, 6.07) is 16.9. The molecule has 1 atom stereocenters. The van der Waals surface area contributed by atoms with Crippen LogP contribution in [0.3, 0.4) is 0 Å². The normalized spacial score (nSPS) is 11.5. The van der Waals surface area contributed by atoms with Crippen molar-refractivity contribution in [3.63, 3.8) is 0 Å². The maximum absolute atomic E-state index is 12.7. The molecule has 0 spiro atoms. The molecule has 2 aromatic carbocycles. The maximum atomic E-state index is 12.7. The predicted molar refractivity (Wildman–Crippen MR) is 103 cm³/mol. The second-order valence-electron chi connectivity index (χ2n) is 5.93. The van der Waals surface area contributed by atoms with E-state index in [1.54, 1.807) is 24.0 Å². The van der Waals surface area contributed by atoms with Crippen LogP contribution in [0.15, 0.2) is 59.1 Å². The number of hydrogen-bond acceptors (Lipinski definition) is 4. The molecule has 5 nitrogen and oxygen atoms in total. The number of carbonyl (C=O) groups is 2. The summed E-state index contributed by atoms with van der Waals surface area (Å²) in [5, 5.41) is 0. The van der Waals surface area contributed by atoms with Gasteiger partial charge in [-0.2, -0.15) is 0 Å². The highest BCUT2D eigenvalue weighted by molar-refractivity contribution is 9.10. The van der Waals surface area contributed by atoms with E-state index in [1.165, 1.54) is 7.11 Å². The van der Waals surface area contributed by atoms with Crippen LogP contribution in [0.1, 0.15) is 12.5 Å². The van der Waals surface area contributed by atoms with Gasteiger partial charge in [0.05, 0.1) is 13.0 Å². The van der Waals surface area contributed by atoms with Crippen molar-refractivity contribution in [3.8, 4) is 5.75 Å². The SMILES string of the molecule is COC(=O)C(C)CN(Cc1ccccc1)C(=O)COc1ccc(Br)cc1. The number of hydrogen-bond donors (Lipinski definition) is 0. The van der Waals surface area contributed by atoms with Crippen LogP contribution >= 0.6 is 15.9 Å². The second kappa shape index (κ2) is 9.97. The quantitative estimate of drug-likeness (QED) is 0.612. The fourth-order valence-electron chi connectivity index (χ4n) is 2.43. The van der Waals surface area contributed by atoms with E-state index in [1.807, 2.05) is 42.5 Å². The smallest absolute Gasteiger partial charge is 0.310 e. The molecule has 1 amide bonds. The summed E-state index contributed by atoms with van der Waals surface area (Å²) in [6.45, 7) is 2.32. The summed E-state index contributed by atoms with van der Waals surface area (Å²) < 4.78 is 11.3. The minimum absolute atomic E-state index is 0.0949. The Kier molecular flexibility index (Phi) is 7.66. The number of halogens is 1. The first-order valence-electron chi connectivity index (χ1n) is 8.27. The Hall–Kier alpha value is -2.34. The summed E-state index contributed by atoms with van der Waals surface area (Å²) in [4.78, 5) is 26.0. The summed E-state index contributed by atoms with van der Waals surface area (Å²) in [7, 11) is 1.35. The number of esters is 1. The van der Waals surface area contributed by atoms with Crippen LogP contribution in [-0.4, -0.2) is 37.0 Å². The van der Waals surface area contributed by atoms with Crippen molar-refractivity contribution >= 4 is 27.8 Å². The van der Waals surface area contributed by atoms with Gasteiger partial charge in [-0.1, -0.05) is 53.2 Å². The molecule has 2 aromatic rings. The first kappa shape index (κ1) is 20.0. The van der Waals surface area contributed by atoms with Crippen LogP contribution in [-0.2, 0) is 20.9 Å². The molecular weight excluding hydrogens is 398 g/mol. The van der Waals surface area contributed by atoms with Crippen molar-refractivity contribution in [1.82, 2.24) is 4.90 Å². The van der Waals surface area contributed by atoms with E-state index in [0.717, 1.165) is 10.0 Å². The molecule has 2 rings (SSSR count). The lowest BCUT2D eigenvalue weighted by Gasteiger charge is -2.25. The van der Waals surface area contributed by atoms with Gasteiger partial charge in [-0.15, -0.1) is 0 Å². The fourth-order valence-corrected chi connectivity index (χ4v) is 2.70. The Morgan fingerprint density at radius 3 is 2.35 bits per heavy atom. The van der Waals surface area contributed by atoms with Gasteiger partial charge in [-0.3, -0.25) is 9.59 Å². The highest BCUT2D eigenvalue weighted by Crippen LogP contribution is 2.16. The molecule has 1 unspecified atom stereocenters. The molecule has 6 heteroatoms. The third-order valence-corrected chi connectivity index (χ3v) is 4.37. The van der Waals surface area contributed by atoms with Crippen LogP contribution in [0.5, 0.6) is 5.75 Å². The van der Waals surface area contributed by atoms with Gasteiger partial charge in [-0.25, -0.2) is 0 Å². The number of rotatable bonds is 8. The molecule has 0 bridgehead atoms. The Labute approximate surface area is 162 Å². The second-order valence-corrected chi connectivity index (χ2v) is 6.84. The van der Waals surface area contributed by atoms with Crippen molar-refractivity contribution in [2.45, 2.75) is 13.5 Å². The fraction of sp³-hybridized carbons (Fsp3) is 0.300. The molecule has 0 aliphatic heterocycles. The average Bonchev–Trinajstić information content (AvgIpc) is 2.66. The van der Waals surface area contributed by atoms with Gasteiger partial charge in [-0.05, 0) is 29.8 Å². The third-order valence-electron chi connectivity index (χ3n) is 3.84. The van der Waals surface area contributed by atoms with Crippen molar-refractivity contribution in [3.05, 3.63) is 64.6 Å². The predicted octanol–water partition coefficient (Wildman–Crippen LogP) is 3.67.